The van der Waals surface area contributed by atoms with Gasteiger partial charge in [0.2, 0.25) is 0 Å². The van der Waals surface area contributed by atoms with Crippen LogP contribution < -0.4 is 0 Å². The summed E-state index contributed by atoms with van der Waals surface area (Å²) in [5.74, 6) is 0. The minimum atomic E-state index is 0.633. The van der Waals surface area contributed by atoms with E-state index in [0.717, 1.165) is 16.9 Å². The molecule has 0 N–H and O–H groups in total. The molecule has 2 aromatic heterocycles. The van der Waals surface area contributed by atoms with E-state index in [1.807, 2.05) is 53.1 Å². The Bertz CT molecular complexity index is 689. The SMILES string of the molecule is Clc1ccccc1-c1cn2c(Cl)cccc2n1. The summed E-state index contributed by atoms with van der Waals surface area (Å²) in [6.07, 6.45) is 1.89. The van der Waals surface area contributed by atoms with Crippen molar-refractivity contribution in [2.45, 2.75) is 0 Å². The molecule has 0 spiro atoms. The second kappa shape index (κ2) is 4.06. The quantitative estimate of drug-likeness (QED) is 0.598. The van der Waals surface area contributed by atoms with Crippen molar-refractivity contribution in [2.75, 3.05) is 0 Å². The second-order valence-electron chi connectivity index (χ2n) is 3.68. The number of aromatic nitrogens is 2. The van der Waals surface area contributed by atoms with Gasteiger partial charge in [0.15, 0.2) is 0 Å². The van der Waals surface area contributed by atoms with E-state index >= 15 is 0 Å². The molecule has 0 unspecified atom stereocenters. The number of benzene rings is 1. The Kier molecular flexibility index (Phi) is 2.54. The molecule has 2 nitrogen and oxygen atoms in total. The Balaban J connectivity index is 2.26. The smallest absolute Gasteiger partial charge is 0.138 e. The number of pyridine rings is 1. The number of rotatable bonds is 1. The van der Waals surface area contributed by atoms with Crippen LogP contribution in [0.25, 0.3) is 16.9 Å². The van der Waals surface area contributed by atoms with Crippen LogP contribution >= 0.6 is 23.2 Å². The lowest BCUT2D eigenvalue weighted by molar-refractivity contribution is 1.19. The zero-order chi connectivity index (χ0) is 11.8. The number of halogens is 2. The van der Waals surface area contributed by atoms with E-state index in [1.54, 1.807) is 0 Å². The van der Waals surface area contributed by atoms with Crippen LogP contribution in [0.3, 0.4) is 0 Å². The number of hydrogen-bond acceptors (Lipinski definition) is 1. The fraction of sp³-hybridized carbons (Fsp3) is 0. The van der Waals surface area contributed by atoms with Crippen LogP contribution in [0.4, 0.5) is 0 Å². The molecule has 0 radical (unpaired) electrons. The summed E-state index contributed by atoms with van der Waals surface area (Å²) in [5.41, 5.74) is 2.55. The summed E-state index contributed by atoms with van der Waals surface area (Å²) in [6, 6.07) is 13.2. The summed E-state index contributed by atoms with van der Waals surface area (Å²) < 4.78 is 1.83. The predicted octanol–water partition coefficient (Wildman–Crippen LogP) is 4.31. The number of imidazole rings is 1. The molecule has 0 aliphatic carbocycles. The van der Waals surface area contributed by atoms with E-state index in [4.69, 9.17) is 23.2 Å². The molecule has 0 atom stereocenters. The maximum Gasteiger partial charge on any atom is 0.138 e. The van der Waals surface area contributed by atoms with Gasteiger partial charge < -0.3 is 0 Å². The minimum absolute atomic E-state index is 0.633. The Labute approximate surface area is 108 Å². The molecule has 0 aliphatic rings. The van der Waals surface area contributed by atoms with Crippen LogP contribution in [0.2, 0.25) is 10.2 Å². The van der Waals surface area contributed by atoms with Crippen molar-refractivity contribution in [1.29, 1.82) is 0 Å². The molecule has 2 heterocycles. The van der Waals surface area contributed by atoms with E-state index in [9.17, 15) is 0 Å². The molecular formula is C13H8Cl2N2. The first-order valence-corrected chi connectivity index (χ1v) is 5.90. The van der Waals surface area contributed by atoms with Crippen LogP contribution in [-0.4, -0.2) is 9.38 Å². The predicted molar refractivity (Wildman–Crippen MR) is 70.6 cm³/mol. The van der Waals surface area contributed by atoms with Crippen LogP contribution in [0.5, 0.6) is 0 Å². The molecule has 0 saturated carbocycles. The Morgan fingerprint density at radius 3 is 2.53 bits per heavy atom. The first-order chi connectivity index (χ1) is 8.25. The minimum Gasteiger partial charge on any atom is -0.290 e. The lowest BCUT2D eigenvalue weighted by Crippen LogP contribution is -1.82. The maximum atomic E-state index is 6.14. The van der Waals surface area contributed by atoms with Crippen molar-refractivity contribution in [1.82, 2.24) is 9.38 Å². The van der Waals surface area contributed by atoms with Crippen molar-refractivity contribution in [3.63, 3.8) is 0 Å². The van der Waals surface area contributed by atoms with Crippen molar-refractivity contribution in [3.8, 4) is 11.3 Å². The highest BCUT2D eigenvalue weighted by atomic mass is 35.5. The van der Waals surface area contributed by atoms with E-state index in [1.165, 1.54) is 0 Å². The van der Waals surface area contributed by atoms with Crippen molar-refractivity contribution in [3.05, 3.63) is 58.8 Å². The van der Waals surface area contributed by atoms with Gasteiger partial charge >= 0.3 is 0 Å². The fourth-order valence-electron chi connectivity index (χ4n) is 1.78. The van der Waals surface area contributed by atoms with Crippen LogP contribution in [0.15, 0.2) is 48.7 Å². The van der Waals surface area contributed by atoms with Gasteiger partial charge in [0.05, 0.1) is 10.7 Å². The highest BCUT2D eigenvalue weighted by molar-refractivity contribution is 6.33. The third-order valence-corrected chi connectivity index (χ3v) is 3.23. The van der Waals surface area contributed by atoms with Gasteiger partial charge in [-0.25, -0.2) is 4.98 Å². The standard InChI is InChI=1S/C13H8Cl2N2/c14-10-5-2-1-4-9(10)11-8-17-12(15)6-3-7-13(17)16-11/h1-8H. The zero-order valence-corrected chi connectivity index (χ0v) is 10.3. The topological polar surface area (TPSA) is 17.3 Å². The zero-order valence-electron chi connectivity index (χ0n) is 8.77. The lowest BCUT2D eigenvalue weighted by Gasteiger charge is -1.98. The fourth-order valence-corrected chi connectivity index (χ4v) is 2.22. The summed E-state index contributed by atoms with van der Waals surface area (Å²) in [6.45, 7) is 0. The Hall–Kier alpha value is -1.51. The van der Waals surface area contributed by atoms with Crippen LogP contribution in [0, 0.1) is 0 Å². The van der Waals surface area contributed by atoms with Crippen molar-refractivity contribution < 1.29 is 0 Å². The van der Waals surface area contributed by atoms with Crippen molar-refractivity contribution >= 4 is 28.8 Å². The summed E-state index contributed by atoms with van der Waals surface area (Å²) in [7, 11) is 0. The van der Waals surface area contributed by atoms with E-state index in [2.05, 4.69) is 4.98 Å². The van der Waals surface area contributed by atoms with Gasteiger partial charge in [-0.2, -0.15) is 0 Å². The molecule has 0 saturated heterocycles. The molecular weight excluding hydrogens is 255 g/mol. The highest BCUT2D eigenvalue weighted by Gasteiger charge is 2.08. The molecule has 3 rings (SSSR count). The van der Waals surface area contributed by atoms with Gasteiger partial charge in [0, 0.05) is 11.8 Å². The van der Waals surface area contributed by atoms with E-state index in [0.29, 0.717) is 10.2 Å². The van der Waals surface area contributed by atoms with E-state index < -0.39 is 0 Å². The van der Waals surface area contributed by atoms with Crippen molar-refractivity contribution in [2.24, 2.45) is 0 Å². The molecule has 0 amide bonds. The van der Waals surface area contributed by atoms with Crippen LogP contribution in [0.1, 0.15) is 0 Å². The third kappa shape index (κ3) is 1.79. The summed E-state index contributed by atoms with van der Waals surface area (Å²) in [5, 5.41) is 1.32. The summed E-state index contributed by atoms with van der Waals surface area (Å²) >= 11 is 12.2. The van der Waals surface area contributed by atoms with Gasteiger partial charge in [-0.15, -0.1) is 0 Å². The molecule has 0 bridgehead atoms. The number of hydrogen-bond donors (Lipinski definition) is 0. The molecule has 4 heteroatoms. The Morgan fingerprint density at radius 1 is 0.941 bits per heavy atom. The third-order valence-electron chi connectivity index (χ3n) is 2.59. The lowest BCUT2D eigenvalue weighted by atomic mass is 10.2. The monoisotopic (exact) mass is 262 g/mol. The average molecular weight is 263 g/mol. The normalized spacial score (nSPS) is 10.9. The van der Waals surface area contributed by atoms with Gasteiger partial charge in [0.1, 0.15) is 10.8 Å². The molecule has 84 valence electrons. The second-order valence-corrected chi connectivity index (χ2v) is 4.48. The maximum absolute atomic E-state index is 6.14. The summed E-state index contributed by atoms with van der Waals surface area (Å²) in [4.78, 5) is 4.50. The molecule has 0 aliphatic heterocycles. The van der Waals surface area contributed by atoms with E-state index in [-0.39, 0.29) is 0 Å². The Morgan fingerprint density at radius 2 is 1.76 bits per heavy atom. The molecule has 0 fully saturated rings. The van der Waals surface area contributed by atoms with Gasteiger partial charge in [-0.1, -0.05) is 47.5 Å². The van der Waals surface area contributed by atoms with Gasteiger partial charge in [0.25, 0.3) is 0 Å². The molecule has 1 aromatic carbocycles. The first kappa shape index (κ1) is 10.6. The first-order valence-electron chi connectivity index (χ1n) is 5.14. The number of nitrogens with zero attached hydrogens (tertiary/aromatic N) is 2. The van der Waals surface area contributed by atoms with Gasteiger partial charge in [-0.3, -0.25) is 4.40 Å². The average Bonchev–Trinajstić information content (AvgIpc) is 2.75. The van der Waals surface area contributed by atoms with Crippen LogP contribution in [-0.2, 0) is 0 Å². The molecule has 3 aromatic rings. The highest BCUT2D eigenvalue weighted by Crippen LogP contribution is 2.27. The molecule has 17 heavy (non-hydrogen) atoms. The van der Waals surface area contributed by atoms with Gasteiger partial charge in [-0.05, 0) is 18.2 Å². The largest absolute Gasteiger partial charge is 0.290 e. The number of fused-ring (bicyclic) bond motifs is 1.